The third-order valence-corrected chi connectivity index (χ3v) is 5.28. The van der Waals surface area contributed by atoms with Gasteiger partial charge in [-0.2, -0.15) is 0 Å². The maximum absolute atomic E-state index is 5.84. The van der Waals surface area contributed by atoms with Gasteiger partial charge in [-0.05, 0) is 50.8 Å². The number of rotatable bonds is 5. The van der Waals surface area contributed by atoms with Crippen LogP contribution in [0.1, 0.15) is 24.1 Å². The molecule has 0 amide bonds. The number of hydrogen-bond acceptors (Lipinski definition) is 6. The van der Waals surface area contributed by atoms with E-state index >= 15 is 0 Å². The summed E-state index contributed by atoms with van der Waals surface area (Å²) in [7, 11) is 0. The minimum atomic E-state index is 0.539. The van der Waals surface area contributed by atoms with E-state index < -0.39 is 0 Å². The van der Waals surface area contributed by atoms with E-state index in [1.807, 2.05) is 43.3 Å². The Kier molecular flexibility index (Phi) is 5.46. The van der Waals surface area contributed by atoms with Crippen LogP contribution in [0.3, 0.4) is 0 Å². The minimum Gasteiger partial charge on any atom is -0.477 e. The third kappa shape index (κ3) is 4.11. The number of hydrogen-bond donors (Lipinski definition) is 0. The molecule has 4 heterocycles. The SMILES string of the molecule is Cc1nc(-c2ccccn2)nc(N2CCC(COc3ccccn3)CC2)c1C. The summed E-state index contributed by atoms with van der Waals surface area (Å²) in [6.45, 7) is 6.79. The Balaban J connectivity index is 1.43. The summed E-state index contributed by atoms with van der Waals surface area (Å²) in [6, 6.07) is 11.6. The Bertz CT molecular complexity index is 909. The Morgan fingerprint density at radius 2 is 1.71 bits per heavy atom. The van der Waals surface area contributed by atoms with Crippen molar-refractivity contribution in [3.05, 3.63) is 60.0 Å². The molecular formula is C22H25N5O. The molecule has 0 N–H and O–H groups in total. The van der Waals surface area contributed by atoms with E-state index in [1.54, 1.807) is 12.4 Å². The molecule has 6 heteroatoms. The van der Waals surface area contributed by atoms with Crippen LogP contribution >= 0.6 is 0 Å². The molecule has 0 unspecified atom stereocenters. The van der Waals surface area contributed by atoms with Gasteiger partial charge in [0.05, 0.1) is 6.61 Å². The van der Waals surface area contributed by atoms with Crippen molar-refractivity contribution >= 4 is 5.82 Å². The van der Waals surface area contributed by atoms with Gasteiger partial charge < -0.3 is 9.64 Å². The summed E-state index contributed by atoms with van der Waals surface area (Å²) < 4.78 is 5.84. The zero-order chi connectivity index (χ0) is 19.3. The first-order valence-corrected chi connectivity index (χ1v) is 9.76. The lowest BCUT2D eigenvalue weighted by molar-refractivity contribution is 0.216. The highest BCUT2D eigenvalue weighted by atomic mass is 16.5. The van der Waals surface area contributed by atoms with E-state index in [0.29, 0.717) is 24.2 Å². The zero-order valence-corrected chi connectivity index (χ0v) is 16.4. The lowest BCUT2D eigenvalue weighted by Crippen LogP contribution is -2.36. The molecular weight excluding hydrogens is 350 g/mol. The van der Waals surface area contributed by atoms with Crippen molar-refractivity contribution in [3.8, 4) is 17.4 Å². The van der Waals surface area contributed by atoms with Crippen molar-refractivity contribution in [1.82, 2.24) is 19.9 Å². The van der Waals surface area contributed by atoms with Crippen LogP contribution in [0.4, 0.5) is 5.82 Å². The maximum atomic E-state index is 5.84. The fourth-order valence-electron chi connectivity index (χ4n) is 3.48. The highest BCUT2D eigenvalue weighted by Crippen LogP contribution is 2.28. The van der Waals surface area contributed by atoms with Crippen LogP contribution in [-0.2, 0) is 0 Å². The Labute approximate surface area is 165 Å². The largest absolute Gasteiger partial charge is 0.477 e. The van der Waals surface area contributed by atoms with Crippen molar-refractivity contribution < 1.29 is 4.74 Å². The Morgan fingerprint density at radius 1 is 0.964 bits per heavy atom. The van der Waals surface area contributed by atoms with Gasteiger partial charge in [-0.25, -0.2) is 15.0 Å². The van der Waals surface area contributed by atoms with Crippen LogP contribution < -0.4 is 9.64 Å². The van der Waals surface area contributed by atoms with E-state index in [9.17, 15) is 0 Å². The van der Waals surface area contributed by atoms with Gasteiger partial charge in [-0.15, -0.1) is 0 Å². The topological polar surface area (TPSA) is 64.0 Å². The molecule has 0 aliphatic carbocycles. The first-order chi connectivity index (χ1) is 13.7. The third-order valence-electron chi connectivity index (χ3n) is 5.28. The molecule has 144 valence electrons. The number of aromatic nitrogens is 4. The lowest BCUT2D eigenvalue weighted by Gasteiger charge is -2.33. The Morgan fingerprint density at radius 3 is 2.39 bits per heavy atom. The molecule has 1 saturated heterocycles. The number of anilines is 1. The van der Waals surface area contributed by atoms with Gasteiger partial charge in [0.15, 0.2) is 5.82 Å². The minimum absolute atomic E-state index is 0.539. The highest BCUT2D eigenvalue weighted by Gasteiger charge is 2.23. The fraction of sp³-hybridized carbons (Fsp3) is 0.364. The second-order valence-electron chi connectivity index (χ2n) is 7.21. The summed E-state index contributed by atoms with van der Waals surface area (Å²) in [4.78, 5) is 20.5. The molecule has 0 saturated carbocycles. The van der Waals surface area contributed by atoms with Gasteiger partial charge in [0.25, 0.3) is 0 Å². The van der Waals surface area contributed by atoms with Gasteiger partial charge in [-0.1, -0.05) is 12.1 Å². The maximum Gasteiger partial charge on any atom is 0.213 e. The highest BCUT2D eigenvalue weighted by molar-refractivity contribution is 5.57. The van der Waals surface area contributed by atoms with E-state index in [-0.39, 0.29) is 0 Å². The number of piperidine rings is 1. The molecule has 6 nitrogen and oxygen atoms in total. The molecule has 0 atom stereocenters. The molecule has 0 spiro atoms. The van der Waals surface area contributed by atoms with Gasteiger partial charge in [0.2, 0.25) is 5.88 Å². The van der Waals surface area contributed by atoms with Crippen LogP contribution in [0.15, 0.2) is 48.8 Å². The molecule has 1 aliphatic rings. The monoisotopic (exact) mass is 375 g/mol. The van der Waals surface area contributed by atoms with Crippen LogP contribution in [0.5, 0.6) is 5.88 Å². The van der Waals surface area contributed by atoms with Crippen LogP contribution in [-0.4, -0.2) is 39.6 Å². The molecule has 3 aromatic rings. The van der Waals surface area contributed by atoms with Crippen LogP contribution in [0.25, 0.3) is 11.5 Å². The fourth-order valence-corrected chi connectivity index (χ4v) is 3.48. The van der Waals surface area contributed by atoms with Crippen molar-refractivity contribution in [3.63, 3.8) is 0 Å². The predicted molar refractivity (Wildman–Crippen MR) is 109 cm³/mol. The van der Waals surface area contributed by atoms with Crippen LogP contribution in [0.2, 0.25) is 0 Å². The number of pyridine rings is 2. The van der Waals surface area contributed by atoms with E-state index in [1.165, 1.54) is 0 Å². The first kappa shape index (κ1) is 18.3. The van der Waals surface area contributed by atoms with Gasteiger partial charge in [0.1, 0.15) is 11.5 Å². The van der Waals surface area contributed by atoms with Gasteiger partial charge in [-0.3, -0.25) is 4.98 Å². The van der Waals surface area contributed by atoms with E-state index in [2.05, 4.69) is 26.8 Å². The average Bonchev–Trinajstić information content (AvgIpc) is 2.76. The zero-order valence-electron chi connectivity index (χ0n) is 16.4. The molecule has 1 aliphatic heterocycles. The summed E-state index contributed by atoms with van der Waals surface area (Å²) in [5.74, 6) is 2.96. The molecule has 0 aromatic carbocycles. The van der Waals surface area contributed by atoms with E-state index in [0.717, 1.165) is 48.7 Å². The van der Waals surface area contributed by atoms with Crippen LogP contribution in [0, 0.1) is 19.8 Å². The van der Waals surface area contributed by atoms with Crippen molar-refractivity contribution in [2.24, 2.45) is 5.92 Å². The summed E-state index contributed by atoms with van der Waals surface area (Å²) in [5, 5.41) is 0. The Hall–Kier alpha value is -3.02. The second-order valence-corrected chi connectivity index (χ2v) is 7.21. The molecule has 4 rings (SSSR count). The smallest absolute Gasteiger partial charge is 0.213 e. The van der Waals surface area contributed by atoms with Gasteiger partial charge >= 0.3 is 0 Å². The van der Waals surface area contributed by atoms with Crippen molar-refractivity contribution in [2.45, 2.75) is 26.7 Å². The van der Waals surface area contributed by atoms with Gasteiger partial charge in [0, 0.05) is 42.8 Å². The number of nitrogens with zero attached hydrogens (tertiary/aromatic N) is 5. The first-order valence-electron chi connectivity index (χ1n) is 9.76. The summed E-state index contributed by atoms with van der Waals surface area (Å²) in [5.41, 5.74) is 2.96. The molecule has 28 heavy (non-hydrogen) atoms. The second kappa shape index (κ2) is 8.33. The summed E-state index contributed by atoms with van der Waals surface area (Å²) in [6.07, 6.45) is 5.69. The molecule has 1 fully saturated rings. The normalized spacial score (nSPS) is 14.9. The van der Waals surface area contributed by atoms with Crippen molar-refractivity contribution in [2.75, 3.05) is 24.6 Å². The molecule has 0 bridgehead atoms. The lowest BCUT2D eigenvalue weighted by atomic mass is 9.97. The van der Waals surface area contributed by atoms with E-state index in [4.69, 9.17) is 9.72 Å². The predicted octanol–water partition coefficient (Wildman–Crippen LogP) is 3.85. The quantitative estimate of drug-likeness (QED) is 0.675. The standard InChI is InChI=1S/C22H25N5O/c1-16-17(2)25-21(19-7-3-5-11-23-19)26-22(16)27-13-9-18(10-14-27)15-28-20-8-4-6-12-24-20/h3-8,11-12,18H,9-10,13-15H2,1-2H3. The number of aryl methyl sites for hydroxylation is 1. The molecule has 3 aromatic heterocycles. The average molecular weight is 375 g/mol. The molecule has 0 radical (unpaired) electrons. The van der Waals surface area contributed by atoms with Crippen molar-refractivity contribution in [1.29, 1.82) is 0 Å². The summed E-state index contributed by atoms with van der Waals surface area (Å²) >= 11 is 0. The number of ether oxygens (including phenoxy) is 1.